The van der Waals surface area contributed by atoms with E-state index in [0.29, 0.717) is 89.6 Å². The zero-order valence-electron chi connectivity index (χ0n) is 51.3. The van der Waals surface area contributed by atoms with Gasteiger partial charge in [0.1, 0.15) is 28.5 Å². The number of amides is 3. The molecule has 19 nitrogen and oxygen atoms in total. The Bertz CT molecular complexity index is 2710. The van der Waals surface area contributed by atoms with Crippen molar-refractivity contribution >= 4 is 46.8 Å². The number of carbonyl (C=O) groups is 8. The van der Waals surface area contributed by atoms with Crippen LogP contribution in [0, 0.1) is 22.7 Å². The molecule has 85 heavy (non-hydrogen) atoms. The largest absolute Gasteiger partial charge is 0.497 e. The van der Waals surface area contributed by atoms with Gasteiger partial charge < -0.3 is 56.0 Å². The van der Waals surface area contributed by atoms with E-state index < -0.39 is 70.1 Å². The van der Waals surface area contributed by atoms with Crippen molar-refractivity contribution < 1.29 is 72.6 Å². The van der Waals surface area contributed by atoms with Gasteiger partial charge in [0.05, 0.1) is 69.2 Å². The van der Waals surface area contributed by atoms with Crippen molar-refractivity contribution in [3.05, 3.63) is 83.0 Å². The minimum atomic E-state index is -0.886. The van der Waals surface area contributed by atoms with Crippen LogP contribution in [0.15, 0.2) is 71.8 Å². The molecular weight excluding hydrogens is 1090 g/mol. The molecule has 8 atom stereocenters. The maximum absolute atomic E-state index is 13.8. The number of nitrogens with two attached hydrogens (primary N) is 1. The summed E-state index contributed by atoms with van der Waals surface area (Å²) in [5, 5.41) is 36.6. The predicted molar refractivity (Wildman–Crippen MR) is 319 cm³/mol. The Balaban J connectivity index is 0.000000236. The van der Waals surface area contributed by atoms with Gasteiger partial charge in [0.2, 0.25) is 17.7 Å². The Morgan fingerprint density at radius 2 is 0.965 bits per heavy atom. The van der Waals surface area contributed by atoms with E-state index in [1.165, 1.54) is 5.57 Å². The summed E-state index contributed by atoms with van der Waals surface area (Å²) in [6, 6.07) is 11.9. The number of carbonyl (C=O) groups excluding carboxylic acids is 7. The highest BCUT2D eigenvalue weighted by Crippen LogP contribution is 2.38. The number of hydrogen-bond donors (Lipinski definition) is 7. The molecule has 4 aliphatic carbocycles. The van der Waals surface area contributed by atoms with Crippen molar-refractivity contribution in [2.45, 2.75) is 218 Å². The number of Topliss-reactive ketones (excluding diaryl/α,β-unsaturated/α-hetero) is 4. The van der Waals surface area contributed by atoms with Gasteiger partial charge in [-0.1, -0.05) is 54.5 Å². The standard InChI is InChI=1S/C33H46N2O7.C25H34N2O5.C8H14O3/c1-21(34-31(40)32(2)15-13-25(36)14-16-32)28(37)19-24(17-23-9-11-26(41-4)12-10-23)30(39)35-27(18-22-7-5-6-8-22)29(38)33(3)20-42-33;1-16(26)22(28)14-19(12-18-8-10-20(31-3)11-9-18)24(30)27-21(13-17-6-4-5-7-17)23(29)25(2)15-32-25;1-8(7(10)11)4-2-6(9)3-5-8/h7,9-12,21,24-25,27,36H,5-6,8,13-20H2,1-4H3,(H,34,40)(H,35,39);6,8-11,16,19,21H,4-5,7,12-15,26H2,1-3H3,(H,27,30);6,9H,2-5H2,1H3,(H,10,11)/t21-,24-,25?,27+,32?,33-;16-,19-,21+,25-;/m11./s1. The van der Waals surface area contributed by atoms with Crippen LogP contribution in [-0.4, -0.2) is 137 Å². The number of carboxylic acid groups (broad SMARTS) is 1. The first-order valence-corrected chi connectivity index (χ1v) is 30.5. The molecular formula is C66H94N4O15. The van der Waals surface area contributed by atoms with Gasteiger partial charge in [-0.15, -0.1) is 0 Å². The van der Waals surface area contributed by atoms with Gasteiger partial charge in [0, 0.05) is 30.1 Å². The summed E-state index contributed by atoms with van der Waals surface area (Å²) in [7, 11) is 3.17. The third-order valence-electron chi connectivity index (χ3n) is 18.1. The van der Waals surface area contributed by atoms with Crippen LogP contribution in [0.4, 0.5) is 0 Å². The minimum Gasteiger partial charge on any atom is -0.497 e. The molecule has 468 valence electrons. The number of methoxy groups -OCH3 is 2. The topological polar surface area (TPSA) is 303 Å². The van der Waals surface area contributed by atoms with Gasteiger partial charge >= 0.3 is 5.97 Å². The number of ketones is 4. The summed E-state index contributed by atoms with van der Waals surface area (Å²) in [6.07, 6.45) is 15.7. The summed E-state index contributed by atoms with van der Waals surface area (Å²) in [5.74, 6) is -2.28. The molecule has 3 amide bonds. The zero-order chi connectivity index (χ0) is 62.3. The molecule has 8 N–H and O–H groups in total. The maximum atomic E-state index is 13.8. The Morgan fingerprint density at radius 1 is 0.588 bits per heavy atom. The summed E-state index contributed by atoms with van der Waals surface area (Å²) in [5.41, 5.74) is 6.92. The highest BCUT2D eigenvalue weighted by Gasteiger charge is 2.52. The number of rotatable bonds is 27. The molecule has 2 aromatic rings. The minimum absolute atomic E-state index is 0.0207. The number of benzene rings is 2. The quantitative estimate of drug-likeness (QED) is 0.0346. The van der Waals surface area contributed by atoms with Crippen LogP contribution in [0.1, 0.15) is 168 Å². The molecule has 0 unspecified atom stereocenters. The number of allylic oxidation sites excluding steroid dienone is 2. The van der Waals surface area contributed by atoms with E-state index in [4.69, 9.17) is 34.9 Å². The lowest BCUT2D eigenvalue weighted by atomic mass is 9.74. The van der Waals surface area contributed by atoms with Gasteiger partial charge in [-0.2, -0.15) is 0 Å². The van der Waals surface area contributed by atoms with Crippen LogP contribution in [-0.2, 0) is 60.7 Å². The molecule has 19 heteroatoms. The molecule has 2 saturated carbocycles. The number of carboxylic acids is 1. The number of hydrogen-bond acceptors (Lipinski definition) is 15. The molecule has 2 aliphatic heterocycles. The third-order valence-corrected chi connectivity index (χ3v) is 18.1. The lowest BCUT2D eigenvalue weighted by Crippen LogP contribution is -2.50. The summed E-state index contributed by atoms with van der Waals surface area (Å²) >= 11 is 0. The van der Waals surface area contributed by atoms with Crippen molar-refractivity contribution in [3.63, 3.8) is 0 Å². The van der Waals surface area contributed by atoms with E-state index in [2.05, 4.69) is 28.1 Å². The van der Waals surface area contributed by atoms with Crippen LogP contribution in [0.3, 0.4) is 0 Å². The smallest absolute Gasteiger partial charge is 0.309 e. The van der Waals surface area contributed by atoms with Gasteiger partial charge in [-0.25, -0.2) is 0 Å². The first-order valence-electron chi connectivity index (χ1n) is 30.5. The molecule has 0 aromatic heterocycles. The van der Waals surface area contributed by atoms with E-state index in [9.17, 15) is 43.5 Å². The summed E-state index contributed by atoms with van der Waals surface area (Å²) in [6.45, 7) is 11.1. The van der Waals surface area contributed by atoms with E-state index >= 15 is 0 Å². The summed E-state index contributed by atoms with van der Waals surface area (Å²) in [4.78, 5) is 103. The lowest BCUT2D eigenvalue weighted by molar-refractivity contribution is -0.151. The van der Waals surface area contributed by atoms with Crippen molar-refractivity contribution in [1.82, 2.24) is 16.0 Å². The van der Waals surface area contributed by atoms with Crippen molar-refractivity contribution in [3.8, 4) is 11.5 Å². The normalized spacial score (nSPS) is 26.9. The van der Waals surface area contributed by atoms with Gasteiger partial charge in [-0.05, 0) is 186 Å². The lowest BCUT2D eigenvalue weighted by Gasteiger charge is -2.35. The molecule has 2 aromatic carbocycles. The van der Waals surface area contributed by atoms with Crippen molar-refractivity contribution in [2.24, 2.45) is 28.4 Å². The fourth-order valence-electron chi connectivity index (χ4n) is 11.4. The van der Waals surface area contributed by atoms with Gasteiger partial charge in [0.25, 0.3) is 0 Å². The second kappa shape index (κ2) is 30.5. The van der Waals surface area contributed by atoms with Crippen LogP contribution in [0.25, 0.3) is 0 Å². The number of nitrogens with one attached hydrogen (secondary N) is 3. The SMILES string of the molecule is CC1(C(=O)O)CCC(O)CC1.COc1ccc(C[C@H](CC(=O)[C@@H](C)N)C(=O)N[C@@H](CC2=CCCC2)C(=O)[C@@]2(C)CO2)cc1.COc1ccc(C[C@H](CC(=O)[C@@H](C)NC(=O)C2(C)CCC(O)CC2)C(=O)N[C@@H](CC2=CCCC2)C(=O)[C@@]2(C)CO2)cc1. The van der Waals surface area contributed by atoms with Crippen LogP contribution >= 0.6 is 0 Å². The van der Waals surface area contributed by atoms with E-state index in [0.717, 1.165) is 61.0 Å². The molecule has 6 aliphatic rings. The van der Waals surface area contributed by atoms with Gasteiger partial charge in [0.15, 0.2) is 17.3 Å². The first-order chi connectivity index (χ1) is 40.2. The Hall–Kier alpha value is -6.12. The van der Waals surface area contributed by atoms with Crippen LogP contribution < -0.4 is 31.2 Å². The van der Waals surface area contributed by atoms with E-state index in [1.54, 1.807) is 61.0 Å². The number of aliphatic hydroxyl groups is 2. The molecule has 8 rings (SSSR count). The Morgan fingerprint density at radius 3 is 1.29 bits per heavy atom. The van der Waals surface area contributed by atoms with E-state index in [-0.39, 0.29) is 66.2 Å². The zero-order valence-corrected chi connectivity index (χ0v) is 51.3. The molecule has 0 bridgehead atoms. The molecule has 0 spiro atoms. The average molecular weight is 1180 g/mol. The summed E-state index contributed by atoms with van der Waals surface area (Å²) < 4.78 is 21.2. The number of aliphatic hydroxyl groups excluding tert-OH is 2. The van der Waals surface area contributed by atoms with Crippen molar-refractivity contribution in [2.75, 3.05) is 27.4 Å². The Kier molecular flexibility index (Phi) is 24.4. The molecule has 2 saturated heterocycles. The number of aliphatic carboxylic acids is 1. The Labute approximate surface area is 501 Å². The molecule has 0 radical (unpaired) electrons. The second-order valence-electron chi connectivity index (χ2n) is 25.5. The third kappa shape index (κ3) is 20.0. The monoisotopic (exact) mass is 1180 g/mol. The number of ether oxygens (including phenoxy) is 4. The fourth-order valence-corrected chi connectivity index (χ4v) is 11.4. The van der Waals surface area contributed by atoms with Gasteiger partial charge in [-0.3, -0.25) is 38.4 Å². The van der Waals surface area contributed by atoms with Crippen LogP contribution in [0.2, 0.25) is 0 Å². The highest BCUT2D eigenvalue weighted by atomic mass is 16.6. The van der Waals surface area contributed by atoms with Crippen LogP contribution in [0.5, 0.6) is 11.5 Å². The first kappa shape index (κ1) is 68.0. The van der Waals surface area contributed by atoms with E-state index in [1.807, 2.05) is 43.3 Å². The second-order valence-corrected chi connectivity index (χ2v) is 25.5. The fraction of sp³-hybridized carbons (Fsp3) is 0.636. The highest BCUT2D eigenvalue weighted by molar-refractivity contribution is 5.99. The molecule has 4 fully saturated rings. The molecule has 2 heterocycles. The van der Waals surface area contributed by atoms with Crippen molar-refractivity contribution in [1.29, 1.82) is 0 Å². The maximum Gasteiger partial charge on any atom is 0.309 e. The number of epoxide rings is 2. The average Bonchev–Trinajstić information content (AvgIpc) is 2.38. The predicted octanol–water partition coefficient (Wildman–Crippen LogP) is 7.12.